The van der Waals surface area contributed by atoms with Crippen LogP contribution in [0.15, 0.2) is 0 Å². The van der Waals surface area contributed by atoms with Crippen molar-refractivity contribution in [1.29, 1.82) is 0 Å². The summed E-state index contributed by atoms with van der Waals surface area (Å²) in [5.74, 6) is 2.34. The fourth-order valence-electron chi connectivity index (χ4n) is 5.78. The Balaban J connectivity index is 1.27. The van der Waals surface area contributed by atoms with Gasteiger partial charge in [-0.25, -0.2) is 0 Å². The summed E-state index contributed by atoms with van der Waals surface area (Å²) < 4.78 is 0. The van der Waals surface area contributed by atoms with Gasteiger partial charge in [-0.3, -0.25) is 14.9 Å². The third-order valence-corrected chi connectivity index (χ3v) is 7.41. The van der Waals surface area contributed by atoms with Crippen LogP contribution < -0.4 is 21.4 Å². The molecule has 4 aliphatic rings. The standard InChI is InChI=1S/C20H36N4O3/c1-2-18-23-19(24-27-18)14-3-5-15-13(10-14)4-6-16(15)22-20(26)17-9-12(11-25)7-8-21-17/h12-19,21,23-25H,2-11H2,1H3,(H,22,26)/t12?,13?,14?,15?,16-,17?,18?,19?/m1/s1. The third-order valence-electron chi connectivity index (χ3n) is 7.41. The third kappa shape index (κ3) is 4.32. The molecule has 27 heavy (non-hydrogen) atoms. The molecule has 2 aliphatic heterocycles. The zero-order chi connectivity index (χ0) is 18.8. The molecule has 7 nitrogen and oxygen atoms in total. The number of nitrogens with one attached hydrogen (secondary N) is 4. The molecule has 0 aromatic carbocycles. The molecule has 0 spiro atoms. The molecule has 0 aromatic rings. The Bertz CT molecular complexity index is 519. The highest BCUT2D eigenvalue weighted by atomic mass is 16.7. The Hall–Kier alpha value is -0.730. The van der Waals surface area contributed by atoms with E-state index >= 15 is 0 Å². The normalized spacial score (nSPS) is 44.8. The van der Waals surface area contributed by atoms with E-state index in [0.717, 1.165) is 32.2 Å². The van der Waals surface area contributed by atoms with Crippen LogP contribution in [-0.2, 0) is 9.63 Å². The molecule has 4 rings (SSSR count). The van der Waals surface area contributed by atoms with Crippen molar-refractivity contribution in [2.45, 2.75) is 82.8 Å². The lowest BCUT2D eigenvalue weighted by Crippen LogP contribution is -2.53. The Kier molecular flexibility index (Phi) is 6.34. The summed E-state index contributed by atoms with van der Waals surface area (Å²) in [6.45, 7) is 3.14. The fraction of sp³-hybridized carbons (Fsp3) is 0.950. The Morgan fingerprint density at radius 1 is 1.15 bits per heavy atom. The molecule has 0 aromatic heterocycles. The molecule has 154 valence electrons. The fourth-order valence-corrected chi connectivity index (χ4v) is 5.78. The SMILES string of the molecule is CCC1NC(C2CCC3C(CC[C@H]3NC(=O)C3CC(CO)CCN3)C2)NO1. The van der Waals surface area contributed by atoms with Crippen LogP contribution in [0.2, 0.25) is 0 Å². The highest BCUT2D eigenvalue weighted by Gasteiger charge is 2.44. The minimum absolute atomic E-state index is 0.133. The Morgan fingerprint density at radius 3 is 2.78 bits per heavy atom. The first-order valence-electron chi connectivity index (χ1n) is 11.0. The Labute approximate surface area is 162 Å². The monoisotopic (exact) mass is 380 g/mol. The van der Waals surface area contributed by atoms with Crippen LogP contribution in [0.3, 0.4) is 0 Å². The maximum atomic E-state index is 12.7. The zero-order valence-electron chi connectivity index (χ0n) is 16.5. The number of rotatable bonds is 5. The van der Waals surface area contributed by atoms with E-state index in [1.54, 1.807) is 0 Å². The summed E-state index contributed by atoms with van der Waals surface area (Å²) in [6, 6.07) is 0.185. The number of carbonyl (C=O) groups excluding carboxylic acids is 1. The van der Waals surface area contributed by atoms with Crippen LogP contribution in [0.5, 0.6) is 0 Å². The molecule has 1 amide bonds. The second-order valence-electron chi connectivity index (χ2n) is 9.05. The van der Waals surface area contributed by atoms with E-state index in [4.69, 9.17) is 4.84 Å². The van der Waals surface area contributed by atoms with Crippen molar-refractivity contribution >= 4 is 5.91 Å². The average Bonchev–Trinajstić information content (AvgIpc) is 3.35. The zero-order valence-corrected chi connectivity index (χ0v) is 16.5. The Morgan fingerprint density at radius 2 is 2.00 bits per heavy atom. The number of carbonyl (C=O) groups is 1. The summed E-state index contributed by atoms with van der Waals surface area (Å²) in [7, 11) is 0. The van der Waals surface area contributed by atoms with Gasteiger partial charge in [-0.15, -0.1) is 0 Å². The van der Waals surface area contributed by atoms with Crippen LogP contribution in [0.1, 0.15) is 58.3 Å². The number of aliphatic hydroxyl groups is 1. The summed E-state index contributed by atoms with van der Waals surface area (Å²) in [5.41, 5.74) is 3.19. The van der Waals surface area contributed by atoms with Crippen molar-refractivity contribution in [3.63, 3.8) is 0 Å². The van der Waals surface area contributed by atoms with Crippen molar-refractivity contribution in [3.8, 4) is 0 Å². The molecule has 2 saturated heterocycles. The van der Waals surface area contributed by atoms with Gasteiger partial charge in [0.15, 0.2) is 0 Å². The highest BCUT2D eigenvalue weighted by Crippen LogP contribution is 2.45. The van der Waals surface area contributed by atoms with Crippen molar-refractivity contribution in [3.05, 3.63) is 0 Å². The van der Waals surface area contributed by atoms with Gasteiger partial charge in [0.05, 0.1) is 12.2 Å². The molecular formula is C20H36N4O3. The molecule has 4 fully saturated rings. The summed E-state index contributed by atoms with van der Waals surface area (Å²) in [6.07, 6.45) is 9.00. The van der Waals surface area contributed by atoms with Crippen molar-refractivity contribution < 1.29 is 14.7 Å². The van der Waals surface area contributed by atoms with Crippen molar-refractivity contribution in [2.24, 2.45) is 23.7 Å². The van der Waals surface area contributed by atoms with Gasteiger partial charge in [-0.1, -0.05) is 6.92 Å². The number of aliphatic hydroxyl groups excluding tert-OH is 1. The minimum Gasteiger partial charge on any atom is -0.396 e. The molecule has 0 bridgehead atoms. The summed E-state index contributed by atoms with van der Waals surface area (Å²) >= 11 is 0. The van der Waals surface area contributed by atoms with Gasteiger partial charge < -0.3 is 15.7 Å². The van der Waals surface area contributed by atoms with E-state index in [-0.39, 0.29) is 36.9 Å². The van der Waals surface area contributed by atoms with Gasteiger partial charge in [0.2, 0.25) is 5.91 Å². The topological polar surface area (TPSA) is 94.7 Å². The van der Waals surface area contributed by atoms with Crippen LogP contribution in [0, 0.1) is 23.7 Å². The maximum Gasteiger partial charge on any atom is 0.237 e. The van der Waals surface area contributed by atoms with Gasteiger partial charge in [-0.2, -0.15) is 5.48 Å². The molecule has 7 unspecified atom stereocenters. The molecule has 2 aliphatic carbocycles. The van der Waals surface area contributed by atoms with E-state index in [9.17, 15) is 9.90 Å². The van der Waals surface area contributed by atoms with E-state index in [1.807, 2.05) is 0 Å². The maximum absolute atomic E-state index is 12.7. The molecule has 7 heteroatoms. The number of fused-ring (bicyclic) bond motifs is 1. The first-order chi connectivity index (χ1) is 13.2. The molecular weight excluding hydrogens is 344 g/mol. The number of amides is 1. The number of hydrogen-bond acceptors (Lipinski definition) is 6. The summed E-state index contributed by atoms with van der Waals surface area (Å²) in [4.78, 5) is 18.3. The average molecular weight is 381 g/mol. The van der Waals surface area contributed by atoms with Crippen molar-refractivity contribution in [2.75, 3.05) is 13.2 Å². The molecule has 5 N–H and O–H groups in total. The minimum atomic E-state index is -0.138. The predicted octanol–water partition coefficient (Wildman–Crippen LogP) is 0.845. The van der Waals surface area contributed by atoms with Gasteiger partial charge in [0.25, 0.3) is 0 Å². The van der Waals surface area contributed by atoms with Crippen LogP contribution in [0.4, 0.5) is 0 Å². The second-order valence-corrected chi connectivity index (χ2v) is 9.05. The quantitative estimate of drug-likeness (QED) is 0.485. The number of hydrogen-bond donors (Lipinski definition) is 5. The van der Waals surface area contributed by atoms with Gasteiger partial charge >= 0.3 is 0 Å². The smallest absolute Gasteiger partial charge is 0.237 e. The van der Waals surface area contributed by atoms with E-state index in [0.29, 0.717) is 23.8 Å². The molecule has 8 atom stereocenters. The largest absolute Gasteiger partial charge is 0.396 e. The molecule has 0 radical (unpaired) electrons. The van der Waals surface area contributed by atoms with Crippen molar-refractivity contribution in [1.82, 2.24) is 21.4 Å². The lowest BCUT2D eigenvalue weighted by atomic mass is 9.73. The first kappa shape index (κ1) is 19.6. The van der Waals surface area contributed by atoms with Gasteiger partial charge in [0, 0.05) is 12.6 Å². The number of hydroxylamine groups is 1. The molecule has 2 heterocycles. The van der Waals surface area contributed by atoms with Crippen LogP contribution >= 0.6 is 0 Å². The second kappa shape index (κ2) is 8.74. The lowest BCUT2D eigenvalue weighted by Gasteiger charge is -2.37. The van der Waals surface area contributed by atoms with Crippen LogP contribution in [0.25, 0.3) is 0 Å². The first-order valence-corrected chi connectivity index (χ1v) is 11.0. The lowest BCUT2D eigenvalue weighted by molar-refractivity contribution is -0.125. The van der Waals surface area contributed by atoms with Gasteiger partial charge in [-0.05, 0) is 81.6 Å². The predicted molar refractivity (Wildman–Crippen MR) is 102 cm³/mol. The summed E-state index contributed by atoms with van der Waals surface area (Å²) in [5, 5.41) is 19.6. The van der Waals surface area contributed by atoms with E-state index < -0.39 is 0 Å². The van der Waals surface area contributed by atoms with E-state index in [1.165, 1.54) is 25.7 Å². The highest BCUT2D eigenvalue weighted by molar-refractivity contribution is 5.82. The molecule has 2 saturated carbocycles. The number of piperidine rings is 1. The van der Waals surface area contributed by atoms with E-state index in [2.05, 4.69) is 28.4 Å². The van der Waals surface area contributed by atoms with Crippen LogP contribution in [-0.4, -0.2) is 48.6 Å². The van der Waals surface area contributed by atoms with Gasteiger partial charge in [0.1, 0.15) is 6.23 Å².